The van der Waals surface area contributed by atoms with Crippen molar-refractivity contribution in [3.8, 4) is 5.75 Å². The van der Waals surface area contributed by atoms with E-state index in [1.165, 1.54) is 39.0 Å². The Morgan fingerprint density at radius 3 is 2.49 bits per heavy atom. The molecule has 65 heavy (non-hydrogen) atoms. The summed E-state index contributed by atoms with van der Waals surface area (Å²) in [7, 11) is 1.48. The highest BCUT2D eigenvalue weighted by atomic mass is 19.4. The molecule has 5 aliphatic rings. The Morgan fingerprint density at radius 1 is 0.969 bits per heavy atom. The molecule has 10 rings (SSSR count). The molecule has 1 spiro atoms. The van der Waals surface area contributed by atoms with E-state index in [4.69, 9.17) is 9.84 Å². The number of carbonyl (C=O) groups excluding carboxylic acids is 5. The molecule has 0 radical (unpaired) electrons. The molecule has 1 unspecified atom stereocenters. The highest BCUT2D eigenvalue weighted by molar-refractivity contribution is 6.25. The van der Waals surface area contributed by atoms with Crippen LogP contribution in [0.25, 0.3) is 16.6 Å². The average Bonchev–Trinajstić information content (AvgIpc) is 3.97. The topological polar surface area (TPSA) is 185 Å². The summed E-state index contributed by atoms with van der Waals surface area (Å²) in [5, 5.41) is 18.1. The fourth-order valence-electron chi connectivity index (χ4n) is 10.9. The highest BCUT2D eigenvalue weighted by Gasteiger charge is 2.47. The van der Waals surface area contributed by atoms with E-state index in [9.17, 15) is 37.1 Å². The fraction of sp³-hybridized carbons (Fsp3) is 0.478. The number of amides is 5. The number of fused-ring (bicyclic) bond motifs is 3. The van der Waals surface area contributed by atoms with Crippen molar-refractivity contribution in [3.05, 3.63) is 77.4 Å². The smallest absolute Gasteiger partial charge is 0.433 e. The first kappa shape index (κ1) is 42.6. The SMILES string of the molecule is COc1cc2nn(C3CCC(CN4CCC5(CC4)CC(CCNc4cccc6c4C(=O)N(C4CCC(=O)NC4=O)C6=O)C5)CC3)cc2cc1NC(=O)c1cnn2ccc(C(F)(F)F)nc12. The number of piperidine rings is 2. The number of alkyl halides is 3. The molecule has 1 atom stereocenters. The van der Waals surface area contributed by atoms with Gasteiger partial charge in [-0.1, -0.05) is 6.07 Å². The number of ether oxygens (including phenoxy) is 1. The van der Waals surface area contributed by atoms with Crippen molar-refractivity contribution in [2.24, 2.45) is 17.3 Å². The lowest BCUT2D eigenvalue weighted by Crippen LogP contribution is -2.54. The van der Waals surface area contributed by atoms with Gasteiger partial charge in [-0.15, -0.1) is 0 Å². The van der Waals surface area contributed by atoms with Gasteiger partial charge in [0.2, 0.25) is 11.8 Å². The number of carbonyl (C=O) groups is 5. The molecule has 5 amide bonds. The van der Waals surface area contributed by atoms with Gasteiger partial charge in [0.15, 0.2) is 5.65 Å². The van der Waals surface area contributed by atoms with Crippen molar-refractivity contribution in [1.29, 1.82) is 0 Å². The number of nitrogens with zero attached hydrogens (tertiary/aromatic N) is 7. The molecule has 2 saturated carbocycles. The minimum Gasteiger partial charge on any atom is -0.494 e. The first-order valence-corrected chi connectivity index (χ1v) is 22.4. The van der Waals surface area contributed by atoms with Crippen LogP contribution >= 0.6 is 0 Å². The molecule has 2 aromatic carbocycles. The largest absolute Gasteiger partial charge is 0.494 e. The van der Waals surface area contributed by atoms with E-state index < -0.39 is 47.4 Å². The zero-order valence-electron chi connectivity index (χ0n) is 35.8. The Bertz CT molecular complexity index is 2730. The van der Waals surface area contributed by atoms with Crippen LogP contribution in [0.15, 0.2) is 55.0 Å². The van der Waals surface area contributed by atoms with Crippen molar-refractivity contribution < 1.29 is 41.9 Å². The number of benzene rings is 2. The molecular formula is C46H49F3N10O6. The first-order chi connectivity index (χ1) is 31.3. The summed E-state index contributed by atoms with van der Waals surface area (Å²) < 4.78 is 48.7. The van der Waals surface area contributed by atoms with Crippen molar-refractivity contribution in [3.63, 3.8) is 0 Å². The van der Waals surface area contributed by atoms with Crippen molar-refractivity contribution >= 4 is 57.5 Å². The predicted octanol–water partition coefficient (Wildman–Crippen LogP) is 6.49. The molecule has 3 N–H and O–H groups in total. The van der Waals surface area contributed by atoms with Crippen LogP contribution in [0.4, 0.5) is 24.5 Å². The number of anilines is 2. The van der Waals surface area contributed by atoms with Gasteiger partial charge < -0.3 is 20.3 Å². The lowest BCUT2D eigenvalue weighted by Gasteiger charge is -2.53. The van der Waals surface area contributed by atoms with Gasteiger partial charge in [0.05, 0.1) is 41.7 Å². The number of rotatable bonds is 11. The molecule has 340 valence electrons. The molecule has 19 heteroatoms. The summed E-state index contributed by atoms with van der Waals surface area (Å²) in [5.41, 5.74) is 1.20. The van der Waals surface area contributed by atoms with Crippen LogP contribution in [0.3, 0.4) is 0 Å². The highest BCUT2D eigenvalue weighted by Crippen LogP contribution is 2.54. The molecule has 6 heterocycles. The van der Waals surface area contributed by atoms with Crippen LogP contribution in [-0.4, -0.2) is 103 Å². The molecule has 2 saturated heterocycles. The maximum atomic E-state index is 13.5. The van der Waals surface area contributed by atoms with Crippen molar-refractivity contribution in [2.75, 3.05) is 43.9 Å². The number of nitrogens with one attached hydrogen (secondary N) is 3. The fourth-order valence-corrected chi connectivity index (χ4v) is 10.9. The van der Waals surface area contributed by atoms with E-state index in [0.29, 0.717) is 52.0 Å². The maximum absolute atomic E-state index is 13.5. The quantitative estimate of drug-likeness (QED) is 0.123. The zero-order valence-corrected chi connectivity index (χ0v) is 35.8. The predicted molar refractivity (Wildman–Crippen MR) is 230 cm³/mol. The maximum Gasteiger partial charge on any atom is 0.433 e. The van der Waals surface area contributed by atoms with Crippen LogP contribution in [0.2, 0.25) is 0 Å². The second-order valence-electron chi connectivity index (χ2n) is 18.5. The average molecular weight is 895 g/mol. The molecular weight excluding hydrogens is 846 g/mol. The van der Waals surface area contributed by atoms with Crippen molar-refractivity contribution in [1.82, 2.24) is 39.5 Å². The number of aromatic nitrogens is 5. The lowest BCUT2D eigenvalue weighted by molar-refractivity contribution is -0.141. The molecule has 0 bridgehead atoms. The third kappa shape index (κ3) is 8.07. The molecule has 3 aliphatic heterocycles. The number of likely N-dealkylation sites (tertiary alicyclic amines) is 1. The Morgan fingerprint density at radius 2 is 1.75 bits per heavy atom. The Hall–Kier alpha value is -6.37. The third-order valence-corrected chi connectivity index (χ3v) is 14.4. The summed E-state index contributed by atoms with van der Waals surface area (Å²) in [6, 6.07) is 8.72. The summed E-state index contributed by atoms with van der Waals surface area (Å²) >= 11 is 0. The second-order valence-corrected chi connectivity index (χ2v) is 18.5. The number of methoxy groups -OCH3 is 1. The van der Waals surface area contributed by atoms with Crippen LogP contribution in [0.5, 0.6) is 5.75 Å². The number of imide groups is 2. The van der Waals surface area contributed by atoms with E-state index in [-0.39, 0.29) is 35.7 Å². The van der Waals surface area contributed by atoms with Crippen molar-refractivity contribution in [2.45, 2.75) is 88.9 Å². The van der Waals surface area contributed by atoms with E-state index in [0.717, 1.165) is 78.8 Å². The lowest BCUT2D eigenvalue weighted by atomic mass is 9.57. The number of halogens is 3. The van der Waals surface area contributed by atoms with Gasteiger partial charge >= 0.3 is 6.18 Å². The van der Waals surface area contributed by atoms with E-state index in [2.05, 4.69) is 30.9 Å². The molecule has 4 fully saturated rings. The van der Waals surface area contributed by atoms with Gasteiger partial charge in [0, 0.05) is 49.0 Å². The minimum absolute atomic E-state index is 0.0804. The Balaban J connectivity index is 0.676. The molecule has 16 nitrogen and oxygen atoms in total. The van der Waals surface area contributed by atoms with Gasteiger partial charge in [0.1, 0.15) is 23.0 Å². The second kappa shape index (κ2) is 16.6. The van der Waals surface area contributed by atoms with Gasteiger partial charge in [-0.25, -0.2) is 9.50 Å². The van der Waals surface area contributed by atoms with E-state index >= 15 is 0 Å². The van der Waals surface area contributed by atoms with Gasteiger partial charge in [-0.05, 0) is 119 Å². The third-order valence-electron chi connectivity index (χ3n) is 14.4. The summed E-state index contributed by atoms with van der Waals surface area (Å²) in [5.74, 6) is -1.11. The molecule has 5 aromatic rings. The van der Waals surface area contributed by atoms with E-state index in [1.54, 1.807) is 30.3 Å². The van der Waals surface area contributed by atoms with E-state index in [1.807, 2.05) is 10.9 Å². The molecule has 3 aromatic heterocycles. The standard InChI is InChI=1S/C46H49F3N10O6/c1-65-36-20-33-28(19-34(36)52-41(61)31-23-51-57-16-12-37(46(47,48)49)53-40(31)57)25-58(55-33)29-7-5-26(6-8-29)24-56-17-13-45(14-18-56)21-27(22-45)11-15-50-32-4-2-3-30-39(32)44(64)59(43(30)63)35-9-10-38(60)54-42(35)62/h2-4,12,16,19-20,23,25-27,29,35,50H,5-11,13-15,17-18,21-22,24H2,1H3,(H,52,61)(H,54,60,62). The zero-order chi connectivity index (χ0) is 45.2. The minimum atomic E-state index is -4.67. The van der Waals surface area contributed by atoms with Crippen LogP contribution in [0, 0.1) is 17.3 Å². The number of hydrogen-bond donors (Lipinski definition) is 3. The Labute approximate surface area is 371 Å². The van der Waals surface area contributed by atoms with Gasteiger partial charge in [-0.2, -0.15) is 23.4 Å². The van der Waals surface area contributed by atoms with Crippen LogP contribution in [-0.2, 0) is 15.8 Å². The summed E-state index contributed by atoms with van der Waals surface area (Å²) in [4.78, 5) is 71.4. The summed E-state index contributed by atoms with van der Waals surface area (Å²) in [6.07, 6.45) is 9.79. The first-order valence-electron chi connectivity index (χ1n) is 22.4. The number of hydrogen-bond acceptors (Lipinski definition) is 11. The monoisotopic (exact) mass is 894 g/mol. The van der Waals surface area contributed by atoms with Gasteiger partial charge in [0.25, 0.3) is 17.7 Å². The van der Waals surface area contributed by atoms with Crippen LogP contribution in [0.1, 0.15) is 113 Å². The normalized spacial score (nSPS) is 22.6. The van der Waals surface area contributed by atoms with Gasteiger partial charge in [-0.3, -0.25) is 38.9 Å². The molecule has 2 aliphatic carbocycles. The Kier molecular flexibility index (Phi) is 10.8. The van der Waals surface area contributed by atoms with Crippen LogP contribution < -0.4 is 20.7 Å². The summed E-state index contributed by atoms with van der Waals surface area (Å²) in [6.45, 7) is 3.99.